The first-order valence-corrected chi connectivity index (χ1v) is 6.33. The Bertz CT molecular complexity index is 730. The standard InChI is InChI=1S/C17H13NO2/c19-17(20)14-11-15(12-7-3-1-4-8-12)18-16(14)13-9-5-2-6-10-13/h1-11,18H,(H,19,20). The van der Waals surface area contributed by atoms with Crippen molar-refractivity contribution >= 4 is 5.97 Å². The highest BCUT2D eigenvalue weighted by Gasteiger charge is 2.16. The van der Waals surface area contributed by atoms with E-state index in [0.717, 1.165) is 16.8 Å². The van der Waals surface area contributed by atoms with Crippen LogP contribution in [0.5, 0.6) is 0 Å². The van der Waals surface area contributed by atoms with Gasteiger partial charge in [0.25, 0.3) is 0 Å². The van der Waals surface area contributed by atoms with Gasteiger partial charge in [0, 0.05) is 5.69 Å². The molecular formula is C17H13NO2. The van der Waals surface area contributed by atoms with Gasteiger partial charge in [-0.25, -0.2) is 4.79 Å². The number of carbonyl (C=O) groups is 1. The molecule has 0 aliphatic rings. The minimum absolute atomic E-state index is 0.287. The molecule has 1 aromatic heterocycles. The number of aromatic nitrogens is 1. The number of nitrogens with one attached hydrogen (secondary N) is 1. The Hall–Kier alpha value is -2.81. The summed E-state index contributed by atoms with van der Waals surface area (Å²) < 4.78 is 0. The number of hydrogen-bond acceptors (Lipinski definition) is 1. The maximum atomic E-state index is 11.4. The topological polar surface area (TPSA) is 53.1 Å². The lowest BCUT2D eigenvalue weighted by Gasteiger charge is -2.00. The lowest BCUT2D eigenvalue weighted by molar-refractivity contribution is 0.0698. The van der Waals surface area contributed by atoms with Crippen molar-refractivity contribution in [1.29, 1.82) is 0 Å². The average Bonchev–Trinajstić information content (AvgIpc) is 2.94. The molecule has 0 amide bonds. The van der Waals surface area contributed by atoms with Crippen molar-refractivity contribution in [2.75, 3.05) is 0 Å². The van der Waals surface area contributed by atoms with E-state index < -0.39 is 5.97 Å². The van der Waals surface area contributed by atoms with Gasteiger partial charge in [-0.2, -0.15) is 0 Å². The van der Waals surface area contributed by atoms with Crippen LogP contribution in [0.3, 0.4) is 0 Å². The van der Waals surface area contributed by atoms with Crippen LogP contribution in [0.15, 0.2) is 66.7 Å². The number of carboxylic acid groups (broad SMARTS) is 1. The van der Waals surface area contributed by atoms with Gasteiger partial charge < -0.3 is 10.1 Å². The van der Waals surface area contributed by atoms with Crippen molar-refractivity contribution in [1.82, 2.24) is 4.98 Å². The molecule has 0 spiro atoms. The molecule has 3 aromatic rings. The van der Waals surface area contributed by atoms with Crippen molar-refractivity contribution in [3.05, 3.63) is 72.3 Å². The van der Waals surface area contributed by atoms with Crippen LogP contribution < -0.4 is 0 Å². The predicted molar refractivity (Wildman–Crippen MR) is 78.6 cm³/mol. The van der Waals surface area contributed by atoms with Gasteiger partial charge >= 0.3 is 5.97 Å². The van der Waals surface area contributed by atoms with Crippen LogP contribution >= 0.6 is 0 Å². The molecule has 2 aromatic carbocycles. The van der Waals surface area contributed by atoms with Crippen molar-refractivity contribution in [3.8, 4) is 22.5 Å². The van der Waals surface area contributed by atoms with Crippen LogP contribution in [0.1, 0.15) is 10.4 Å². The van der Waals surface area contributed by atoms with Crippen LogP contribution in [-0.2, 0) is 0 Å². The largest absolute Gasteiger partial charge is 0.478 e. The molecule has 0 radical (unpaired) electrons. The fourth-order valence-electron chi connectivity index (χ4n) is 2.23. The predicted octanol–water partition coefficient (Wildman–Crippen LogP) is 4.05. The highest BCUT2D eigenvalue weighted by atomic mass is 16.4. The van der Waals surface area contributed by atoms with Crippen molar-refractivity contribution in [3.63, 3.8) is 0 Å². The maximum Gasteiger partial charge on any atom is 0.337 e. The average molecular weight is 263 g/mol. The number of aromatic amines is 1. The van der Waals surface area contributed by atoms with E-state index in [9.17, 15) is 9.90 Å². The fraction of sp³-hybridized carbons (Fsp3) is 0. The van der Waals surface area contributed by atoms with Gasteiger partial charge in [0.2, 0.25) is 0 Å². The molecule has 3 heteroatoms. The summed E-state index contributed by atoms with van der Waals surface area (Å²) >= 11 is 0. The summed E-state index contributed by atoms with van der Waals surface area (Å²) in [5.41, 5.74) is 3.57. The summed E-state index contributed by atoms with van der Waals surface area (Å²) in [7, 11) is 0. The van der Waals surface area contributed by atoms with E-state index in [1.54, 1.807) is 6.07 Å². The summed E-state index contributed by atoms with van der Waals surface area (Å²) in [6.45, 7) is 0. The van der Waals surface area contributed by atoms with E-state index in [4.69, 9.17) is 0 Å². The summed E-state index contributed by atoms with van der Waals surface area (Å²) in [6, 6.07) is 20.9. The first-order chi connectivity index (χ1) is 9.75. The molecule has 0 atom stereocenters. The number of rotatable bonds is 3. The molecule has 1 heterocycles. The second-order valence-electron chi connectivity index (χ2n) is 4.51. The van der Waals surface area contributed by atoms with Gasteiger partial charge in [-0.3, -0.25) is 0 Å². The smallest absolute Gasteiger partial charge is 0.337 e. The SMILES string of the molecule is O=C(O)c1cc(-c2ccccc2)[nH]c1-c1ccccc1. The lowest BCUT2D eigenvalue weighted by atomic mass is 10.1. The zero-order valence-electron chi connectivity index (χ0n) is 10.7. The van der Waals surface area contributed by atoms with E-state index in [1.165, 1.54) is 0 Å². The number of H-pyrrole nitrogens is 1. The monoisotopic (exact) mass is 263 g/mol. The van der Waals surface area contributed by atoms with Crippen molar-refractivity contribution < 1.29 is 9.90 Å². The molecule has 0 unspecified atom stereocenters. The van der Waals surface area contributed by atoms with Crippen LogP contribution in [-0.4, -0.2) is 16.1 Å². The van der Waals surface area contributed by atoms with E-state index in [0.29, 0.717) is 5.69 Å². The Labute approximate surface area is 116 Å². The summed E-state index contributed by atoms with van der Waals surface area (Å²) in [6.07, 6.45) is 0. The van der Waals surface area contributed by atoms with Gasteiger partial charge in [-0.1, -0.05) is 60.7 Å². The Kier molecular flexibility index (Phi) is 3.09. The third-order valence-corrected chi connectivity index (χ3v) is 3.20. The molecular weight excluding hydrogens is 250 g/mol. The Morgan fingerprint density at radius 2 is 1.40 bits per heavy atom. The van der Waals surface area contributed by atoms with Crippen LogP contribution in [0.2, 0.25) is 0 Å². The Balaban J connectivity index is 2.15. The number of aromatic carboxylic acids is 1. The van der Waals surface area contributed by atoms with E-state index in [-0.39, 0.29) is 5.56 Å². The van der Waals surface area contributed by atoms with Crippen molar-refractivity contribution in [2.45, 2.75) is 0 Å². The quantitative estimate of drug-likeness (QED) is 0.749. The number of carboxylic acids is 1. The third-order valence-electron chi connectivity index (χ3n) is 3.20. The van der Waals surface area contributed by atoms with E-state index >= 15 is 0 Å². The summed E-state index contributed by atoms with van der Waals surface area (Å²) in [5.74, 6) is -0.928. The fourth-order valence-corrected chi connectivity index (χ4v) is 2.23. The molecule has 0 saturated carbocycles. The summed E-state index contributed by atoms with van der Waals surface area (Å²) in [5, 5.41) is 9.37. The molecule has 98 valence electrons. The lowest BCUT2D eigenvalue weighted by Crippen LogP contribution is -1.96. The van der Waals surface area contributed by atoms with Gasteiger partial charge in [0.15, 0.2) is 0 Å². The molecule has 0 aliphatic heterocycles. The van der Waals surface area contributed by atoms with Crippen LogP contribution in [0.25, 0.3) is 22.5 Å². The molecule has 0 aliphatic carbocycles. The van der Waals surface area contributed by atoms with Crippen LogP contribution in [0, 0.1) is 0 Å². The first-order valence-electron chi connectivity index (χ1n) is 6.33. The highest BCUT2D eigenvalue weighted by molar-refractivity contribution is 5.97. The maximum absolute atomic E-state index is 11.4. The van der Waals surface area contributed by atoms with Gasteiger partial charge in [0.05, 0.1) is 11.3 Å². The molecule has 2 N–H and O–H groups in total. The molecule has 0 saturated heterocycles. The normalized spacial score (nSPS) is 10.4. The first kappa shape index (κ1) is 12.2. The Morgan fingerprint density at radius 1 is 0.850 bits per heavy atom. The second kappa shape index (κ2) is 5.05. The van der Waals surface area contributed by atoms with Gasteiger partial charge in [-0.15, -0.1) is 0 Å². The highest BCUT2D eigenvalue weighted by Crippen LogP contribution is 2.28. The third kappa shape index (κ3) is 2.21. The zero-order chi connectivity index (χ0) is 13.9. The van der Waals surface area contributed by atoms with Gasteiger partial charge in [-0.05, 0) is 17.2 Å². The van der Waals surface area contributed by atoms with Crippen molar-refractivity contribution in [2.24, 2.45) is 0 Å². The van der Waals surface area contributed by atoms with Crippen LogP contribution in [0.4, 0.5) is 0 Å². The summed E-state index contributed by atoms with van der Waals surface area (Å²) in [4.78, 5) is 14.6. The van der Waals surface area contributed by atoms with E-state index in [1.807, 2.05) is 60.7 Å². The Morgan fingerprint density at radius 3 is 1.95 bits per heavy atom. The van der Waals surface area contributed by atoms with E-state index in [2.05, 4.69) is 4.98 Å². The van der Waals surface area contributed by atoms with Gasteiger partial charge in [0.1, 0.15) is 0 Å². The molecule has 20 heavy (non-hydrogen) atoms. The molecule has 3 rings (SSSR count). The molecule has 0 fully saturated rings. The zero-order valence-corrected chi connectivity index (χ0v) is 10.7. The minimum Gasteiger partial charge on any atom is -0.478 e. The number of benzene rings is 2. The second-order valence-corrected chi connectivity index (χ2v) is 4.51. The molecule has 3 nitrogen and oxygen atoms in total. The minimum atomic E-state index is -0.928. The number of hydrogen-bond donors (Lipinski definition) is 2. The molecule has 0 bridgehead atoms.